The first-order chi connectivity index (χ1) is 14.5. The predicted molar refractivity (Wildman–Crippen MR) is 110 cm³/mol. The van der Waals surface area contributed by atoms with Crippen molar-refractivity contribution in [1.82, 2.24) is 10.3 Å². The number of nitrogens with one attached hydrogen (secondary N) is 2. The number of fused-ring (bicyclic) bond motifs is 1. The van der Waals surface area contributed by atoms with Gasteiger partial charge in [0.25, 0.3) is 15.9 Å². The van der Waals surface area contributed by atoms with Crippen LogP contribution < -0.4 is 14.8 Å². The number of benzene rings is 3. The lowest BCUT2D eigenvalue weighted by molar-refractivity contribution is 0.102. The zero-order valence-electron chi connectivity index (χ0n) is 15.7. The number of nitrogens with zero attached hydrogens (tertiary/aromatic N) is 2. The van der Waals surface area contributed by atoms with Crippen molar-refractivity contribution in [3.05, 3.63) is 72.3 Å². The topological polar surface area (TPSA) is 123 Å². The Morgan fingerprint density at radius 2 is 1.77 bits per heavy atom. The molecule has 0 aliphatic carbocycles. The molecule has 4 aromatic rings. The number of hydrogen-bond donors (Lipinski definition) is 2. The van der Waals surface area contributed by atoms with Crippen molar-refractivity contribution in [2.75, 3.05) is 17.1 Å². The Hall–Kier alpha value is -3.92. The van der Waals surface area contributed by atoms with E-state index in [0.717, 1.165) is 0 Å². The van der Waals surface area contributed by atoms with Gasteiger partial charge in [-0.1, -0.05) is 12.1 Å². The molecule has 0 radical (unpaired) electrons. The third kappa shape index (κ3) is 3.94. The van der Waals surface area contributed by atoms with E-state index in [1.807, 2.05) is 0 Å². The number of aromatic nitrogens is 2. The number of ether oxygens (including phenoxy) is 1. The number of hydrogen-bond acceptors (Lipinski definition) is 7. The van der Waals surface area contributed by atoms with Crippen LogP contribution in [0.1, 0.15) is 10.4 Å². The minimum absolute atomic E-state index is 0.0726. The number of anilines is 2. The Bertz CT molecular complexity index is 1320. The second-order valence-electron chi connectivity index (χ2n) is 6.25. The van der Waals surface area contributed by atoms with Crippen LogP contribution in [0.4, 0.5) is 11.4 Å². The van der Waals surface area contributed by atoms with Gasteiger partial charge in [0.15, 0.2) is 5.52 Å². The monoisotopic (exact) mass is 424 g/mol. The SMILES string of the molecule is COc1ccc(S(=O)(=O)Nc2cccc(C(=O)Nc3cccc4nonc34)c2)cc1. The fraction of sp³-hybridized carbons (Fsp3) is 0.0500. The van der Waals surface area contributed by atoms with Gasteiger partial charge in [-0.2, -0.15) is 0 Å². The molecule has 0 bridgehead atoms. The van der Waals surface area contributed by atoms with Crippen LogP contribution in [-0.2, 0) is 10.0 Å². The van der Waals surface area contributed by atoms with E-state index in [4.69, 9.17) is 4.74 Å². The van der Waals surface area contributed by atoms with Crippen molar-refractivity contribution in [3.63, 3.8) is 0 Å². The lowest BCUT2D eigenvalue weighted by atomic mass is 10.2. The van der Waals surface area contributed by atoms with E-state index in [1.165, 1.54) is 25.3 Å². The molecule has 2 N–H and O–H groups in total. The molecule has 0 spiro atoms. The molecule has 9 nitrogen and oxygen atoms in total. The van der Waals surface area contributed by atoms with Crippen molar-refractivity contribution in [2.45, 2.75) is 4.90 Å². The minimum atomic E-state index is -3.83. The van der Waals surface area contributed by atoms with E-state index in [2.05, 4.69) is 25.0 Å². The summed E-state index contributed by atoms with van der Waals surface area (Å²) < 4.78 is 37.4. The first-order valence-electron chi connectivity index (χ1n) is 8.76. The smallest absolute Gasteiger partial charge is 0.261 e. The summed E-state index contributed by atoms with van der Waals surface area (Å²) in [4.78, 5) is 12.7. The van der Waals surface area contributed by atoms with Gasteiger partial charge in [0.1, 0.15) is 11.3 Å². The summed E-state index contributed by atoms with van der Waals surface area (Å²) in [5.74, 6) is 0.112. The highest BCUT2D eigenvalue weighted by Crippen LogP contribution is 2.22. The van der Waals surface area contributed by atoms with Gasteiger partial charge in [0, 0.05) is 11.3 Å². The molecule has 30 heavy (non-hydrogen) atoms. The average molecular weight is 424 g/mol. The van der Waals surface area contributed by atoms with Gasteiger partial charge in [0.05, 0.1) is 17.7 Å². The minimum Gasteiger partial charge on any atom is -0.497 e. The largest absolute Gasteiger partial charge is 0.497 e. The van der Waals surface area contributed by atoms with E-state index in [0.29, 0.717) is 22.5 Å². The zero-order valence-corrected chi connectivity index (χ0v) is 16.5. The molecular weight excluding hydrogens is 408 g/mol. The van der Waals surface area contributed by atoms with E-state index in [-0.39, 0.29) is 16.1 Å². The van der Waals surface area contributed by atoms with Crippen LogP contribution in [0.3, 0.4) is 0 Å². The standard InChI is InChI=1S/C20H16N4O5S/c1-28-15-8-10-16(11-9-15)30(26,27)24-14-5-2-4-13(12-14)20(25)21-17-6-3-7-18-19(17)23-29-22-18/h2-12,24H,1H3,(H,21,25). The number of rotatable bonds is 6. The van der Waals surface area contributed by atoms with Crippen LogP contribution in [0, 0.1) is 0 Å². The lowest BCUT2D eigenvalue weighted by Crippen LogP contribution is -2.15. The van der Waals surface area contributed by atoms with Crippen molar-refractivity contribution < 1.29 is 22.6 Å². The fourth-order valence-corrected chi connectivity index (χ4v) is 3.84. The molecular formula is C20H16N4O5S. The molecule has 152 valence electrons. The molecule has 1 amide bonds. The van der Waals surface area contributed by atoms with Crippen molar-refractivity contribution in [2.24, 2.45) is 0 Å². The summed E-state index contributed by atoms with van der Waals surface area (Å²) in [6, 6.07) is 17.2. The van der Waals surface area contributed by atoms with Crippen molar-refractivity contribution >= 4 is 38.3 Å². The predicted octanol–water partition coefficient (Wildman–Crippen LogP) is 3.28. The molecule has 0 aliphatic heterocycles. The number of methoxy groups -OCH3 is 1. The van der Waals surface area contributed by atoms with Gasteiger partial charge in [-0.05, 0) is 64.9 Å². The van der Waals surface area contributed by atoms with E-state index in [9.17, 15) is 13.2 Å². The van der Waals surface area contributed by atoms with Gasteiger partial charge in [-0.3, -0.25) is 9.52 Å². The second kappa shape index (κ2) is 7.84. The highest BCUT2D eigenvalue weighted by atomic mass is 32.2. The highest BCUT2D eigenvalue weighted by molar-refractivity contribution is 7.92. The molecule has 4 rings (SSSR count). The van der Waals surface area contributed by atoms with Crippen molar-refractivity contribution in [1.29, 1.82) is 0 Å². The molecule has 1 aromatic heterocycles. The number of carbonyl (C=O) groups is 1. The van der Waals surface area contributed by atoms with Crippen LogP contribution in [0.15, 0.2) is 76.3 Å². The molecule has 0 saturated carbocycles. The Kier molecular flexibility index (Phi) is 5.07. The average Bonchev–Trinajstić information content (AvgIpc) is 3.23. The van der Waals surface area contributed by atoms with Crippen LogP contribution in [0.2, 0.25) is 0 Å². The third-order valence-corrected chi connectivity index (χ3v) is 5.68. The van der Waals surface area contributed by atoms with Crippen LogP contribution in [-0.4, -0.2) is 31.7 Å². The number of carbonyl (C=O) groups excluding carboxylic acids is 1. The second-order valence-corrected chi connectivity index (χ2v) is 7.94. The molecule has 0 aliphatic rings. The van der Waals surface area contributed by atoms with Gasteiger partial charge in [0.2, 0.25) is 0 Å². The Morgan fingerprint density at radius 3 is 2.53 bits per heavy atom. The number of sulfonamides is 1. The molecule has 0 atom stereocenters. The maximum atomic E-state index is 12.7. The summed E-state index contributed by atoms with van der Waals surface area (Å²) in [7, 11) is -2.33. The first kappa shape index (κ1) is 19.4. The summed E-state index contributed by atoms with van der Waals surface area (Å²) in [5, 5.41) is 10.2. The Labute approximate surface area is 171 Å². The maximum Gasteiger partial charge on any atom is 0.261 e. The van der Waals surface area contributed by atoms with E-state index < -0.39 is 15.9 Å². The molecule has 3 aromatic carbocycles. The molecule has 0 saturated heterocycles. The Morgan fingerprint density at radius 1 is 1.00 bits per heavy atom. The van der Waals surface area contributed by atoms with Gasteiger partial charge in [-0.15, -0.1) is 0 Å². The molecule has 10 heteroatoms. The summed E-state index contributed by atoms with van der Waals surface area (Å²) in [6.45, 7) is 0. The molecule has 0 unspecified atom stereocenters. The highest BCUT2D eigenvalue weighted by Gasteiger charge is 2.16. The summed E-state index contributed by atoms with van der Waals surface area (Å²) in [5.41, 5.74) is 1.87. The molecule has 1 heterocycles. The van der Waals surface area contributed by atoms with E-state index >= 15 is 0 Å². The normalized spacial score (nSPS) is 11.2. The van der Waals surface area contributed by atoms with E-state index in [1.54, 1.807) is 48.5 Å². The molecule has 0 fully saturated rings. The van der Waals surface area contributed by atoms with Crippen molar-refractivity contribution in [3.8, 4) is 5.75 Å². The van der Waals surface area contributed by atoms with Crippen LogP contribution >= 0.6 is 0 Å². The summed E-state index contributed by atoms with van der Waals surface area (Å²) in [6.07, 6.45) is 0. The van der Waals surface area contributed by atoms with Gasteiger partial charge in [-0.25, -0.2) is 13.0 Å². The lowest BCUT2D eigenvalue weighted by Gasteiger charge is -2.10. The van der Waals surface area contributed by atoms with Gasteiger partial charge >= 0.3 is 0 Å². The van der Waals surface area contributed by atoms with Crippen LogP contribution in [0.5, 0.6) is 5.75 Å². The quantitative estimate of drug-likeness (QED) is 0.487. The maximum absolute atomic E-state index is 12.7. The Balaban J connectivity index is 1.54. The zero-order chi connectivity index (χ0) is 21.1. The third-order valence-electron chi connectivity index (χ3n) is 4.28. The van der Waals surface area contributed by atoms with Crippen LogP contribution in [0.25, 0.3) is 11.0 Å². The summed E-state index contributed by atoms with van der Waals surface area (Å²) >= 11 is 0. The first-order valence-corrected chi connectivity index (χ1v) is 10.2. The number of amides is 1. The van der Waals surface area contributed by atoms with Gasteiger partial charge < -0.3 is 10.1 Å². The fourth-order valence-electron chi connectivity index (χ4n) is 2.79.